The Balaban J connectivity index is 2.32. The molecule has 0 saturated carbocycles. The maximum atomic E-state index is 12.0. The minimum Gasteiger partial charge on any atom is -0.496 e. The Morgan fingerprint density at radius 1 is 1.50 bits per heavy atom. The van der Waals surface area contributed by atoms with Gasteiger partial charge < -0.3 is 10.5 Å². The average Bonchev–Trinajstić information content (AvgIpc) is 2.65. The van der Waals surface area contributed by atoms with E-state index >= 15 is 0 Å². The predicted molar refractivity (Wildman–Crippen MR) is 78.2 cm³/mol. The second-order valence-electron chi connectivity index (χ2n) is 4.81. The molecule has 1 heterocycles. The summed E-state index contributed by atoms with van der Waals surface area (Å²) in [5, 5.41) is 0. The molecule has 20 heavy (non-hydrogen) atoms. The van der Waals surface area contributed by atoms with Gasteiger partial charge in [0.25, 0.3) is 0 Å². The molecular weight excluding hydrogens is 276 g/mol. The Hall–Kier alpha value is -1.95. The number of carbonyl (C=O) groups is 2. The number of nitrogens with zero attached hydrogens (tertiary/aromatic N) is 1. The number of hydrogen-bond donors (Lipinski definition) is 1. The van der Waals surface area contributed by atoms with Crippen molar-refractivity contribution in [2.75, 3.05) is 7.11 Å². The summed E-state index contributed by atoms with van der Waals surface area (Å²) in [6.45, 7) is 1.94. The van der Waals surface area contributed by atoms with Gasteiger partial charge in [-0.1, -0.05) is 19.1 Å². The van der Waals surface area contributed by atoms with Crippen molar-refractivity contribution < 1.29 is 14.3 Å². The third-order valence-electron chi connectivity index (χ3n) is 3.36. The third-order valence-corrected chi connectivity index (χ3v) is 3.60. The number of ether oxygens (including phenoxy) is 1. The second kappa shape index (κ2) is 5.58. The largest absolute Gasteiger partial charge is 0.496 e. The summed E-state index contributed by atoms with van der Waals surface area (Å²) >= 11 is 4.94. The fraction of sp³-hybridized carbons (Fsp3) is 0.357. The van der Waals surface area contributed by atoms with E-state index < -0.39 is 0 Å². The molecule has 1 unspecified atom stereocenters. The quantitative estimate of drug-likeness (QED) is 0.667. The minimum absolute atomic E-state index is 0.155. The second-order valence-corrected chi connectivity index (χ2v) is 5.25. The van der Waals surface area contributed by atoms with Crippen LogP contribution in [0, 0.1) is 5.92 Å². The molecule has 5 nitrogen and oxygen atoms in total. The average molecular weight is 292 g/mol. The lowest BCUT2D eigenvalue weighted by atomic mass is 10.1. The lowest BCUT2D eigenvalue weighted by Gasteiger charge is -2.17. The van der Waals surface area contributed by atoms with Gasteiger partial charge in [-0.25, -0.2) is 0 Å². The molecule has 2 amide bonds. The van der Waals surface area contributed by atoms with Gasteiger partial charge in [-0.3, -0.25) is 14.5 Å². The smallest absolute Gasteiger partial charge is 0.232 e. The fourth-order valence-corrected chi connectivity index (χ4v) is 2.37. The SMILES string of the molecule is COc1ccc(C(N)=S)cc1CN1C(=O)CC(C)C1=O. The predicted octanol–water partition coefficient (Wildman–Crippen LogP) is 1.22. The third kappa shape index (κ3) is 2.65. The van der Waals surface area contributed by atoms with Gasteiger partial charge in [-0.2, -0.15) is 0 Å². The molecular formula is C14H16N2O3S. The number of imide groups is 1. The molecule has 2 rings (SSSR count). The van der Waals surface area contributed by atoms with Gasteiger partial charge in [-0.05, 0) is 18.2 Å². The van der Waals surface area contributed by atoms with E-state index in [1.807, 2.05) is 0 Å². The maximum Gasteiger partial charge on any atom is 0.232 e. The number of hydrogen-bond acceptors (Lipinski definition) is 4. The van der Waals surface area contributed by atoms with Gasteiger partial charge in [0.05, 0.1) is 13.7 Å². The maximum absolute atomic E-state index is 12.0. The van der Waals surface area contributed by atoms with Crippen LogP contribution in [0.25, 0.3) is 0 Å². The van der Waals surface area contributed by atoms with E-state index in [1.54, 1.807) is 25.1 Å². The molecule has 0 spiro atoms. The minimum atomic E-state index is -0.257. The Morgan fingerprint density at radius 3 is 2.70 bits per heavy atom. The van der Waals surface area contributed by atoms with Crippen LogP contribution >= 0.6 is 12.2 Å². The summed E-state index contributed by atoms with van der Waals surface area (Å²) < 4.78 is 5.25. The van der Waals surface area contributed by atoms with E-state index in [0.717, 1.165) is 0 Å². The number of thiocarbonyl (C=S) groups is 1. The number of rotatable bonds is 4. The van der Waals surface area contributed by atoms with Crippen molar-refractivity contribution in [3.05, 3.63) is 29.3 Å². The lowest BCUT2D eigenvalue weighted by Crippen LogP contribution is -2.30. The van der Waals surface area contributed by atoms with Crippen LogP contribution in [0.3, 0.4) is 0 Å². The van der Waals surface area contributed by atoms with E-state index in [2.05, 4.69) is 0 Å². The van der Waals surface area contributed by atoms with Crippen LogP contribution in [0.5, 0.6) is 5.75 Å². The Labute approximate surface area is 122 Å². The molecule has 1 aromatic rings. The van der Waals surface area contributed by atoms with Gasteiger partial charge in [0.2, 0.25) is 11.8 Å². The number of amides is 2. The first-order chi connectivity index (χ1) is 9.43. The summed E-state index contributed by atoms with van der Waals surface area (Å²) in [7, 11) is 1.54. The van der Waals surface area contributed by atoms with Gasteiger partial charge >= 0.3 is 0 Å². The molecule has 1 aliphatic heterocycles. The fourth-order valence-electron chi connectivity index (χ4n) is 2.24. The summed E-state index contributed by atoms with van der Waals surface area (Å²) in [5.74, 6) is 0.0282. The van der Waals surface area contributed by atoms with Crippen LogP contribution in [0.2, 0.25) is 0 Å². The first-order valence-corrected chi connectivity index (χ1v) is 6.65. The van der Waals surface area contributed by atoms with Crippen molar-refractivity contribution in [2.24, 2.45) is 11.7 Å². The number of carbonyl (C=O) groups excluding carboxylic acids is 2. The van der Waals surface area contributed by atoms with Crippen molar-refractivity contribution in [3.63, 3.8) is 0 Å². The molecule has 1 aliphatic rings. The normalized spacial score (nSPS) is 18.5. The molecule has 2 N–H and O–H groups in total. The molecule has 0 bridgehead atoms. The number of benzene rings is 1. The Kier molecular flexibility index (Phi) is 4.04. The zero-order chi connectivity index (χ0) is 14.9. The monoisotopic (exact) mass is 292 g/mol. The zero-order valence-corrected chi connectivity index (χ0v) is 12.2. The molecule has 1 atom stereocenters. The highest BCUT2D eigenvalue weighted by molar-refractivity contribution is 7.80. The first kappa shape index (κ1) is 14.5. The molecule has 1 aromatic carbocycles. The number of nitrogens with two attached hydrogens (primary N) is 1. The van der Waals surface area contributed by atoms with Crippen molar-refractivity contribution in [1.82, 2.24) is 4.90 Å². The topological polar surface area (TPSA) is 72.6 Å². The molecule has 0 aromatic heterocycles. The molecule has 0 radical (unpaired) electrons. The van der Waals surface area contributed by atoms with E-state index in [-0.39, 0.29) is 35.7 Å². The molecule has 0 aliphatic carbocycles. The van der Waals surface area contributed by atoms with E-state index in [9.17, 15) is 9.59 Å². The summed E-state index contributed by atoms with van der Waals surface area (Å²) in [6, 6.07) is 5.24. The van der Waals surface area contributed by atoms with Crippen LogP contribution in [-0.2, 0) is 16.1 Å². The number of likely N-dealkylation sites (tertiary alicyclic amines) is 1. The first-order valence-electron chi connectivity index (χ1n) is 6.25. The van der Waals surface area contributed by atoms with Crippen molar-refractivity contribution in [2.45, 2.75) is 19.9 Å². The van der Waals surface area contributed by atoms with Crippen LogP contribution in [0.4, 0.5) is 0 Å². The Morgan fingerprint density at radius 2 is 2.20 bits per heavy atom. The molecule has 1 saturated heterocycles. The van der Waals surface area contributed by atoms with Gasteiger partial charge in [0.1, 0.15) is 10.7 Å². The summed E-state index contributed by atoms with van der Waals surface area (Å²) in [5.41, 5.74) is 7.00. The molecule has 6 heteroatoms. The van der Waals surface area contributed by atoms with Gasteiger partial charge in [0, 0.05) is 23.5 Å². The lowest BCUT2D eigenvalue weighted by molar-refractivity contribution is -0.139. The van der Waals surface area contributed by atoms with E-state index in [0.29, 0.717) is 16.9 Å². The number of methoxy groups -OCH3 is 1. The van der Waals surface area contributed by atoms with Crippen LogP contribution in [0.1, 0.15) is 24.5 Å². The summed E-state index contributed by atoms with van der Waals surface area (Å²) in [4.78, 5) is 25.3. The highest BCUT2D eigenvalue weighted by Crippen LogP contribution is 2.26. The van der Waals surface area contributed by atoms with Gasteiger partial charge in [-0.15, -0.1) is 0 Å². The van der Waals surface area contributed by atoms with Crippen LogP contribution < -0.4 is 10.5 Å². The van der Waals surface area contributed by atoms with Crippen molar-refractivity contribution >= 4 is 29.0 Å². The van der Waals surface area contributed by atoms with Crippen molar-refractivity contribution in [3.8, 4) is 5.75 Å². The van der Waals surface area contributed by atoms with Crippen LogP contribution in [0.15, 0.2) is 18.2 Å². The van der Waals surface area contributed by atoms with Crippen LogP contribution in [-0.4, -0.2) is 28.8 Å². The van der Waals surface area contributed by atoms with Gasteiger partial charge in [0.15, 0.2) is 0 Å². The van der Waals surface area contributed by atoms with E-state index in [1.165, 1.54) is 12.0 Å². The summed E-state index contributed by atoms with van der Waals surface area (Å²) in [6.07, 6.45) is 0.260. The Bertz CT molecular complexity index is 586. The molecule has 106 valence electrons. The molecule has 1 fully saturated rings. The highest BCUT2D eigenvalue weighted by atomic mass is 32.1. The zero-order valence-electron chi connectivity index (χ0n) is 11.4. The standard InChI is InChI=1S/C14H16N2O3S/c1-8-5-12(17)16(14(8)18)7-10-6-9(13(15)20)3-4-11(10)19-2/h3-4,6,8H,5,7H2,1-2H3,(H2,15,20). The van der Waals surface area contributed by atoms with Crippen molar-refractivity contribution in [1.29, 1.82) is 0 Å². The highest BCUT2D eigenvalue weighted by Gasteiger charge is 2.35. The van der Waals surface area contributed by atoms with E-state index in [4.69, 9.17) is 22.7 Å².